The summed E-state index contributed by atoms with van der Waals surface area (Å²) in [6.07, 6.45) is 9.23. The molecule has 0 aromatic heterocycles. The molecule has 1 nitrogen and oxygen atoms in total. The van der Waals surface area contributed by atoms with E-state index in [1.807, 2.05) is 12.2 Å². The van der Waals surface area contributed by atoms with Gasteiger partial charge >= 0.3 is 0 Å². The van der Waals surface area contributed by atoms with E-state index in [9.17, 15) is 0 Å². The average Bonchev–Trinajstić information content (AvgIpc) is 2.68. The normalized spacial score (nSPS) is 25.1. The van der Waals surface area contributed by atoms with Gasteiger partial charge < -0.3 is 4.90 Å². The first-order valence-electron chi connectivity index (χ1n) is 6.42. The first kappa shape index (κ1) is 11.7. The molecule has 1 aliphatic heterocycles. The smallest absolute Gasteiger partial charge is 0.00133 e. The van der Waals surface area contributed by atoms with Gasteiger partial charge in [0, 0.05) is 0 Å². The topological polar surface area (TPSA) is 3.24 Å². The van der Waals surface area contributed by atoms with Crippen LogP contribution in [-0.4, -0.2) is 24.5 Å². The predicted octanol–water partition coefficient (Wildman–Crippen LogP) is 3.55. The Morgan fingerprint density at radius 2 is 1.62 bits per heavy atom. The molecule has 0 aromatic rings. The van der Waals surface area contributed by atoms with E-state index in [0.29, 0.717) is 5.41 Å². The van der Waals surface area contributed by atoms with Gasteiger partial charge in [0.2, 0.25) is 0 Å². The Kier molecular flexibility index (Phi) is 3.34. The highest BCUT2D eigenvalue weighted by Crippen LogP contribution is 2.49. The summed E-state index contributed by atoms with van der Waals surface area (Å²) in [5.41, 5.74) is 3.43. The monoisotopic (exact) mass is 217 g/mol. The predicted molar refractivity (Wildman–Crippen MR) is 70.4 cm³/mol. The van der Waals surface area contributed by atoms with Crippen molar-refractivity contribution >= 4 is 0 Å². The van der Waals surface area contributed by atoms with Gasteiger partial charge in [0.05, 0.1) is 0 Å². The molecular weight excluding hydrogens is 194 g/mol. The van der Waals surface area contributed by atoms with E-state index in [2.05, 4.69) is 25.0 Å². The van der Waals surface area contributed by atoms with Crippen molar-refractivity contribution in [3.8, 4) is 0 Å². The van der Waals surface area contributed by atoms with Crippen LogP contribution in [0, 0.1) is 5.41 Å². The van der Waals surface area contributed by atoms with E-state index in [1.54, 1.807) is 0 Å². The Hall–Kier alpha value is -0.820. The Labute approximate surface area is 99.5 Å². The summed E-state index contributed by atoms with van der Waals surface area (Å²) in [6.45, 7) is 13.9. The Morgan fingerprint density at radius 3 is 2.00 bits per heavy atom. The molecule has 88 valence electrons. The molecule has 0 unspecified atom stereocenters. The lowest BCUT2D eigenvalue weighted by Gasteiger charge is -2.39. The number of hydrogen-bond donors (Lipinski definition) is 0. The molecule has 1 heteroatoms. The molecule has 0 saturated carbocycles. The van der Waals surface area contributed by atoms with Gasteiger partial charge in [-0.1, -0.05) is 32.2 Å². The fraction of sp³-hybridized carbons (Fsp3) is 0.600. The van der Waals surface area contributed by atoms with Crippen LogP contribution in [0.1, 0.15) is 32.6 Å². The SMILES string of the molecule is C=CC1=C(C=C)CC2(CCN(CC)CC2)C1. The van der Waals surface area contributed by atoms with Crippen LogP contribution in [0.2, 0.25) is 0 Å². The quantitative estimate of drug-likeness (QED) is 0.699. The van der Waals surface area contributed by atoms with E-state index in [1.165, 1.54) is 56.5 Å². The molecular formula is C15H23N. The van der Waals surface area contributed by atoms with E-state index >= 15 is 0 Å². The summed E-state index contributed by atoms with van der Waals surface area (Å²) in [5.74, 6) is 0. The number of likely N-dealkylation sites (tertiary alicyclic amines) is 1. The third kappa shape index (κ3) is 2.01. The van der Waals surface area contributed by atoms with Crippen molar-refractivity contribution in [2.24, 2.45) is 5.41 Å². The lowest BCUT2D eigenvalue weighted by molar-refractivity contribution is 0.116. The first-order chi connectivity index (χ1) is 7.73. The largest absolute Gasteiger partial charge is 0.304 e. The van der Waals surface area contributed by atoms with Gasteiger partial charge in [-0.15, -0.1) is 0 Å². The highest BCUT2D eigenvalue weighted by molar-refractivity contribution is 5.38. The zero-order valence-electron chi connectivity index (χ0n) is 10.5. The Bertz CT molecular complexity index is 294. The van der Waals surface area contributed by atoms with Crippen LogP contribution < -0.4 is 0 Å². The van der Waals surface area contributed by atoms with Gasteiger partial charge in [0.1, 0.15) is 0 Å². The molecule has 1 spiro atoms. The molecule has 1 saturated heterocycles. The second-order valence-corrected chi connectivity index (χ2v) is 5.25. The van der Waals surface area contributed by atoms with Gasteiger partial charge in [-0.05, 0) is 61.9 Å². The van der Waals surface area contributed by atoms with E-state index < -0.39 is 0 Å². The summed E-state index contributed by atoms with van der Waals surface area (Å²) >= 11 is 0. The number of rotatable bonds is 3. The molecule has 1 heterocycles. The molecule has 1 aliphatic carbocycles. The lowest BCUT2D eigenvalue weighted by Crippen LogP contribution is -2.39. The highest BCUT2D eigenvalue weighted by Gasteiger charge is 2.39. The number of nitrogens with zero attached hydrogens (tertiary/aromatic N) is 1. The van der Waals surface area contributed by atoms with Crippen LogP contribution in [0.5, 0.6) is 0 Å². The maximum absolute atomic E-state index is 3.93. The zero-order valence-corrected chi connectivity index (χ0v) is 10.5. The van der Waals surface area contributed by atoms with Crippen LogP contribution in [-0.2, 0) is 0 Å². The number of allylic oxidation sites excluding steroid dienone is 4. The lowest BCUT2D eigenvalue weighted by atomic mass is 9.75. The molecule has 1 fully saturated rings. The first-order valence-corrected chi connectivity index (χ1v) is 6.42. The van der Waals surface area contributed by atoms with Crippen molar-refractivity contribution in [2.75, 3.05) is 19.6 Å². The van der Waals surface area contributed by atoms with Crippen molar-refractivity contribution < 1.29 is 0 Å². The van der Waals surface area contributed by atoms with E-state index in [-0.39, 0.29) is 0 Å². The summed E-state index contributed by atoms with van der Waals surface area (Å²) < 4.78 is 0. The second-order valence-electron chi connectivity index (χ2n) is 5.25. The highest BCUT2D eigenvalue weighted by atomic mass is 15.1. The summed E-state index contributed by atoms with van der Waals surface area (Å²) in [4.78, 5) is 2.56. The van der Waals surface area contributed by atoms with Crippen LogP contribution >= 0.6 is 0 Å². The van der Waals surface area contributed by atoms with Crippen LogP contribution in [0.4, 0.5) is 0 Å². The fourth-order valence-electron chi connectivity index (χ4n) is 3.20. The van der Waals surface area contributed by atoms with Crippen molar-refractivity contribution in [2.45, 2.75) is 32.6 Å². The third-order valence-corrected chi connectivity index (χ3v) is 4.40. The minimum Gasteiger partial charge on any atom is -0.304 e. The van der Waals surface area contributed by atoms with Gasteiger partial charge in [-0.2, -0.15) is 0 Å². The fourth-order valence-corrected chi connectivity index (χ4v) is 3.20. The van der Waals surface area contributed by atoms with Gasteiger partial charge in [0.25, 0.3) is 0 Å². The zero-order chi connectivity index (χ0) is 11.6. The maximum atomic E-state index is 3.93. The average molecular weight is 217 g/mol. The summed E-state index contributed by atoms with van der Waals surface area (Å²) in [7, 11) is 0. The van der Waals surface area contributed by atoms with Gasteiger partial charge in [-0.3, -0.25) is 0 Å². The van der Waals surface area contributed by atoms with Gasteiger partial charge in [0.15, 0.2) is 0 Å². The molecule has 2 rings (SSSR count). The minimum absolute atomic E-state index is 0.540. The molecule has 0 radical (unpaired) electrons. The Morgan fingerprint density at radius 1 is 1.12 bits per heavy atom. The van der Waals surface area contributed by atoms with E-state index in [0.717, 1.165) is 0 Å². The molecule has 0 atom stereocenters. The molecule has 16 heavy (non-hydrogen) atoms. The molecule has 0 N–H and O–H groups in total. The van der Waals surface area contributed by atoms with Crippen molar-refractivity contribution in [1.82, 2.24) is 4.90 Å². The molecule has 0 bridgehead atoms. The summed E-state index contributed by atoms with van der Waals surface area (Å²) in [6, 6.07) is 0. The second kappa shape index (κ2) is 4.58. The molecule has 0 amide bonds. The van der Waals surface area contributed by atoms with Crippen LogP contribution in [0.3, 0.4) is 0 Å². The molecule has 0 aromatic carbocycles. The minimum atomic E-state index is 0.540. The van der Waals surface area contributed by atoms with Crippen molar-refractivity contribution in [3.05, 3.63) is 36.5 Å². The number of piperidine rings is 1. The van der Waals surface area contributed by atoms with Crippen LogP contribution in [0.15, 0.2) is 36.5 Å². The molecule has 2 aliphatic rings. The van der Waals surface area contributed by atoms with Crippen LogP contribution in [0.25, 0.3) is 0 Å². The van der Waals surface area contributed by atoms with E-state index in [4.69, 9.17) is 0 Å². The third-order valence-electron chi connectivity index (χ3n) is 4.40. The maximum Gasteiger partial charge on any atom is -0.00133 e. The van der Waals surface area contributed by atoms with Crippen molar-refractivity contribution in [1.29, 1.82) is 0 Å². The van der Waals surface area contributed by atoms with Gasteiger partial charge in [-0.25, -0.2) is 0 Å². The van der Waals surface area contributed by atoms with Crippen molar-refractivity contribution in [3.63, 3.8) is 0 Å². The summed E-state index contributed by atoms with van der Waals surface area (Å²) in [5, 5.41) is 0. The standard InChI is InChI=1S/C15H23N/c1-4-13-11-15(12-14(13)5-2)7-9-16(6-3)10-8-15/h4-5H,1-2,6-12H2,3H3. The number of hydrogen-bond acceptors (Lipinski definition) is 1. The Balaban J connectivity index is 2.04.